The first-order chi connectivity index (χ1) is 13.5. The first-order valence-electron chi connectivity index (χ1n) is 8.97. The summed E-state index contributed by atoms with van der Waals surface area (Å²) in [5, 5.41) is 5.21. The van der Waals surface area contributed by atoms with Crippen LogP contribution in [-0.2, 0) is 14.4 Å². The van der Waals surface area contributed by atoms with Gasteiger partial charge in [-0.2, -0.15) is 0 Å². The lowest BCUT2D eigenvalue weighted by Gasteiger charge is -2.19. The molecular formula is C18H26F3N4O4+. The average Bonchev–Trinajstić information content (AvgIpc) is 2.60. The molecule has 1 aromatic carbocycles. The number of carbonyl (C=O) groups excluding carboxylic acids is 3. The molecule has 1 rings (SSSR count). The van der Waals surface area contributed by atoms with E-state index in [1.807, 2.05) is 6.92 Å². The summed E-state index contributed by atoms with van der Waals surface area (Å²) in [6.45, 7) is 2.36. The highest BCUT2D eigenvalue weighted by molar-refractivity contribution is 5.91. The van der Waals surface area contributed by atoms with Gasteiger partial charge in [-0.1, -0.05) is 6.92 Å². The Hall–Kier alpha value is -2.82. The summed E-state index contributed by atoms with van der Waals surface area (Å²) in [6.07, 6.45) is -3.99. The van der Waals surface area contributed by atoms with Crippen LogP contribution in [0.5, 0.6) is 5.75 Å². The molecule has 29 heavy (non-hydrogen) atoms. The molecule has 0 heterocycles. The van der Waals surface area contributed by atoms with Crippen molar-refractivity contribution in [1.82, 2.24) is 10.2 Å². The van der Waals surface area contributed by atoms with Crippen LogP contribution in [0.1, 0.15) is 13.3 Å². The Morgan fingerprint density at radius 1 is 1.10 bits per heavy atom. The number of quaternary nitrogens is 1. The van der Waals surface area contributed by atoms with E-state index in [4.69, 9.17) is 0 Å². The number of hydrogen-bond acceptors (Lipinski definition) is 4. The molecule has 0 spiro atoms. The second kappa shape index (κ2) is 11.2. The minimum Gasteiger partial charge on any atom is -0.406 e. The first-order valence-corrected chi connectivity index (χ1v) is 8.97. The number of alkyl halides is 3. The summed E-state index contributed by atoms with van der Waals surface area (Å²) in [7, 11) is 3.15. The van der Waals surface area contributed by atoms with E-state index in [-0.39, 0.29) is 31.4 Å². The maximum Gasteiger partial charge on any atom is 0.573 e. The number of benzene rings is 1. The van der Waals surface area contributed by atoms with Crippen molar-refractivity contribution < 1.29 is 37.2 Å². The Kier molecular flexibility index (Phi) is 9.39. The maximum atomic E-state index is 12.1. The zero-order valence-electron chi connectivity index (χ0n) is 16.6. The Balaban J connectivity index is 2.43. The van der Waals surface area contributed by atoms with Gasteiger partial charge in [-0.15, -0.1) is 13.2 Å². The molecule has 3 N–H and O–H groups in total. The fraction of sp³-hybridized carbons (Fsp3) is 0.500. The van der Waals surface area contributed by atoms with E-state index in [1.54, 1.807) is 7.05 Å². The second-order valence-corrected chi connectivity index (χ2v) is 6.53. The minimum absolute atomic E-state index is 0.00331. The monoisotopic (exact) mass is 419 g/mol. The Labute approximate surface area is 167 Å². The van der Waals surface area contributed by atoms with Gasteiger partial charge in [0.1, 0.15) is 5.75 Å². The number of ether oxygens (including phenoxy) is 1. The zero-order chi connectivity index (χ0) is 22.0. The summed E-state index contributed by atoms with van der Waals surface area (Å²) >= 11 is 0. The molecule has 3 amide bonds. The van der Waals surface area contributed by atoms with Crippen molar-refractivity contribution in [3.8, 4) is 5.75 Å². The van der Waals surface area contributed by atoms with Gasteiger partial charge in [-0.3, -0.25) is 14.4 Å². The standard InChI is InChI=1S/C18H25F3N4O4/c1-4-9-22-15(26)11-25(3)17(28)12-24(2)10-16(27)23-13-5-7-14(8-6-13)29-18(19,20)21/h5-8H,4,9-12H2,1-3H3,(H,22,26)(H,23,27)/p+1. The number of halogens is 3. The number of rotatable bonds is 10. The molecule has 1 aromatic rings. The van der Waals surface area contributed by atoms with Crippen LogP contribution in [0.3, 0.4) is 0 Å². The summed E-state index contributed by atoms with van der Waals surface area (Å²) in [5.41, 5.74) is 0.299. The maximum absolute atomic E-state index is 12.1. The van der Waals surface area contributed by atoms with E-state index in [2.05, 4.69) is 15.4 Å². The smallest absolute Gasteiger partial charge is 0.406 e. The van der Waals surface area contributed by atoms with Crippen LogP contribution in [0.2, 0.25) is 0 Å². The summed E-state index contributed by atoms with van der Waals surface area (Å²) in [6, 6.07) is 4.73. The molecular weight excluding hydrogens is 393 g/mol. The Morgan fingerprint density at radius 3 is 2.28 bits per heavy atom. The van der Waals surface area contributed by atoms with Crippen molar-refractivity contribution in [2.75, 3.05) is 45.6 Å². The van der Waals surface area contributed by atoms with E-state index >= 15 is 0 Å². The fourth-order valence-electron chi connectivity index (χ4n) is 2.30. The number of likely N-dealkylation sites (N-methyl/N-ethyl adjacent to an activating group) is 2. The minimum atomic E-state index is -4.78. The third kappa shape index (κ3) is 10.3. The van der Waals surface area contributed by atoms with E-state index < -0.39 is 18.0 Å². The number of nitrogens with one attached hydrogen (secondary N) is 3. The highest BCUT2D eigenvalue weighted by Crippen LogP contribution is 2.23. The van der Waals surface area contributed by atoms with Gasteiger partial charge in [0.2, 0.25) is 5.91 Å². The van der Waals surface area contributed by atoms with Crippen molar-refractivity contribution >= 4 is 23.4 Å². The van der Waals surface area contributed by atoms with Gasteiger partial charge in [0.25, 0.3) is 11.8 Å². The van der Waals surface area contributed by atoms with Gasteiger partial charge in [0, 0.05) is 19.3 Å². The molecule has 0 radical (unpaired) electrons. The predicted octanol–water partition coefficient (Wildman–Crippen LogP) is 0.0230. The SMILES string of the molecule is CCCNC(=O)CN(C)C(=O)C[NH+](C)CC(=O)Nc1ccc(OC(F)(F)F)cc1. The molecule has 0 aliphatic carbocycles. The van der Waals surface area contributed by atoms with E-state index in [1.165, 1.54) is 24.1 Å². The van der Waals surface area contributed by atoms with Gasteiger partial charge >= 0.3 is 6.36 Å². The number of hydrogen-bond donors (Lipinski definition) is 3. The topological polar surface area (TPSA) is 92.2 Å². The van der Waals surface area contributed by atoms with Crippen LogP contribution >= 0.6 is 0 Å². The van der Waals surface area contributed by atoms with Crippen molar-refractivity contribution in [3.63, 3.8) is 0 Å². The third-order valence-electron chi connectivity index (χ3n) is 3.67. The fourth-order valence-corrected chi connectivity index (χ4v) is 2.30. The normalized spacial score (nSPS) is 12.1. The average molecular weight is 419 g/mol. The molecule has 1 atom stereocenters. The quantitative estimate of drug-likeness (QED) is 0.499. The number of nitrogens with zero attached hydrogens (tertiary/aromatic N) is 1. The summed E-state index contributed by atoms with van der Waals surface area (Å²) < 4.78 is 40.2. The zero-order valence-corrected chi connectivity index (χ0v) is 16.6. The van der Waals surface area contributed by atoms with Crippen LogP contribution in [-0.4, -0.2) is 69.3 Å². The predicted molar refractivity (Wildman–Crippen MR) is 99.3 cm³/mol. The second-order valence-electron chi connectivity index (χ2n) is 6.53. The molecule has 0 aliphatic heterocycles. The largest absolute Gasteiger partial charge is 0.573 e. The van der Waals surface area contributed by atoms with E-state index in [0.29, 0.717) is 17.1 Å². The molecule has 0 aromatic heterocycles. The van der Waals surface area contributed by atoms with Crippen molar-refractivity contribution in [3.05, 3.63) is 24.3 Å². The first kappa shape index (κ1) is 24.2. The van der Waals surface area contributed by atoms with Gasteiger partial charge in [0.15, 0.2) is 13.1 Å². The van der Waals surface area contributed by atoms with Crippen LogP contribution in [0.15, 0.2) is 24.3 Å². The molecule has 1 unspecified atom stereocenters. The molecule has 0 saturated heterocycles. The molecule has 0 aliphatic rings. The lowest BCUT2D eigenvalue weighted by molar-refractivity contribution is -0.862. The van der Waals surface area contributed by atoms with Crippen LogP contribution in [0, 0.1) is 0 Å². The highest BCUT2D eigenvalue weighted by Gasteiger charge is 2.31. The van der Waals surface area contributed by atoms with Gasteiger partial charge in [-0.25, -0.2) is 0 Å². The van der Waals surface area contributed by atoms with Crippen molar-refractivity contribution in [2.45, 2.75) is 19.7 Å². The van der Waals surface area contributed by atoms with E-state index in [9.17, 15) is 27.6 Å². The van der Waals surface area contributed by atoms with Gasteiger partial charge < -0.3 is 25.2 Å². The molecule has 8 nitrogen and oxygen atoms in total. The molecule has 0 fully saturated rings. The van der Waals surface area contributed by atoms with Crippen LogP contribution < -0.4 is 20.3 Å². The summed E-state index contributed by atoms with van der Waals surface area (Å²) in [4.78, 5) is 37.7. The van der Waals surface area contributed by atoms with Gasteiger partial charge in [-0.05, 0) is 30.7 Å². The van der Waals surface area contributed by atoms with Gasteiger partial charge in [0.05, 0.1) is 13.6 Å². The van der Waals surface area contributed by atoms with E-state index in [0.717, 1.165) is 18.6 Å². The lowest BCUT2D eigenvalue weighted by atomic mass is 10.3. The summed E-state index contributed by atoms with van der Waals surface area (Å²) in [5.74, 6) is -1.36. The number of anilines is 1. The number of carbonyl (C=O) groups is 3. The van der Waals surface area contributed by atoms with Crippen molar-refractivity contribution in [1.29, 1.82) is 0 Å². The molecule has 0 saturated carbocycles. The highest BCUT2D eigenvalue weighted by atomic mass is 19.4. The third-order valence-corrected chi connectivity index (χ3v) is 3.67. The number of amides is 3. The van der Waals surface area contributed by atoms with Crippen LogP contribution in [0.4, 0.5) is 18.9 Å². The molecule has 162 valence electrons. The molecule has 0 bridgehead atoms. The van der Waals surface area contributed by atoms with Crippen molar-refractivity contribution in [2.24, 2.45) is 0 Å². The Morgan fingerprint density at radius 2 is 1.72 bits per heavy atom. The van der Waals surface area contributed by atoms with Crippen LogP contribution in [0.25, 0.3) is 0 Å². The molecule has 11 heteroatoms. The Bertz CT molecular complexity index is 695. The lowest BCUT2D eigenvalue weighted by Crippen LogP contribution is -3.11.